The Hall–Kier alpha value is -3.07. The van der Waals surface area contributed by atoms with Crippen LogP contribution in [-0.2, 0) is 23.9 Å². The number of allylic oxidation sites excluding steroid dienone is 1. The normalized spacial score (nSPS) is 16.9. The Kier molecular flexibility index (Phi) is 10.1. The van der Waals surface area contributed by atoms with Gasteiger partial charge in [-0.3, -0.25) is 14.4 Å². The second-order valence-corrected chi connectivity index (χ2v) is 11.1. The maximum Gasteiger partial charge on any atom is 0.322 e. The molecule has 2 N–H and O–H groups in total. The minimum Gasteiger partial charge on any atom is -0.469 e. The number of hydrogen-bond donors (Lipinski definition) is 2. The third kappa shape index (κ3) is 8.77. The molecule has 1 heterocycles. The molecule has 1 aromatic rings. The minimum absolute atomic E-state index is 0.126. The Balaban J connectivity index is 2.02. The molecule has 0 saturated carbocycles. The van der Waals surface area contributed by atoms with Gasteiger partial charge in [0.25, 0.3) is 5.91 Å². The van der Waals surface area contributed by atoms with Crippen LogP contribution in [0.25, 0.3) is 0 Å². The van der Waals surface area contributed by atoms with Gasteiger partial charge in [0.2, 0.25) is 0 Å². The zero-order chi connectivity index (χ0) is 28.0. The number of amides is 3. The first kappa shape index (κ1) is 30.2. The van der Waals surface area contributed by atoms with Crippen molar-refractivity contribution in [1.82, 2.24) is 15.5 Å². The highest BCUT2D eigenvalue weighted by atomic mass is 35.5. The number of benzene rings is 1. The number of methoxy groups -OCH3 is 1. The van der Waals surface area contributed by atoms with Crippen molar-refractivity contribution in [3.8, 4) is 0 Å². The smallest absolute Gasteiger partial charge is 0.322 e. The van der Waals surface area contributed by atoms with Crippen molar-refractivity contribution in [2.45, 2.75) is 72.4 Å². The summed E-state index contributed by atoms with van der Waals surface area (Å²) in [6.07, 6.45) is 0.467. The zero-order valence-corrected chi connectivity index (χ0v) is 23.5. The molecule has 1 aliphatic heterocycles. The average Bonchev–Trinajstić information content (AvgIpc) is 2.79. The van der Waals surface area contributed by atoms with Gasteiger partial charge in [-0.25, -0.2) is 4.79 Å². The second kappa shape index (κ2) is 12.4. The molecule has 1 aliphatic rings. The summed E-state index contributed by atoms with van der Waals surface area (Å²) in [4.78, 5) is 51.2. The monoisotopic (exact) mass is 535 g/mol. The van der Waals surface area contributed by atoms with Crippen LogP contribution in [0, 0.1) is 5.41 Å². The lowest BCUT2D eigenvalue weighted by Gasteiger charge is -2.45. The molecule has 3 amide bonds. The van der Waals surface area contributed by atoms with Crippen LogP contribution < -0.4 is 10.6 Å². The highest BCUT2D eigenvalue weighted by Crippen LogP contribution is 2.42. The van der Waals surface area contributed by atoms with E-state index in [1.54, 1.807) is 18.7 Å². The molecule has 204 valence electrons. The van der Waals surface area contributed by atoms with Gasteiger partial charge in [0.05, 0.1) is 20.0 Å². The summed E-state index contributed by atoms with van der Waals surface area (Å²) in [7, 11) is 1.23. The largest absolute Gasteiger partial charge is 0.469 e. The van der Waals surface area contributed by atoms with Crippen molar-refractivity contribution in [2.24, 2.45) is 5.41 Å². The van der Waals surface area contributed by atoms with Gasteiger partial charge in [-0.05, 0) is 68.7 Å². The van der Waals surface area contributed by atoms with E-state index in [0.29, 0.717) is 23.7 Å². The molecule has 2 rings (SSSR count). The van der Waals surface area contributed by atoms with Crippen LogP contribution in [0.4, 0.5) is 4.79 Å². The summed E-state index contributed by atoms with van der Waals surface area (Å²) >= 11 is 6.05. The Morgan fingerprint density at radius 2 is 1.68 bits per heavy atom. The molecule has 0 aromatic heterocycles. The van der Waals surface area contributed by atoms with Crippen molar-refractivity contribution in [1.29, 1.82) is 0 Å². The Labute approximate surface area is 223 Å². The summed E-state index contributed by atoms with van der Waals surface area (Å²) in [5.41, 5.74) is 0.435. The highest BCUT2D eigenvalue weighted by molar-refractivity contribution is 6.30. The van der Waals surface area contributed by atoms with Crippen molar-refractivity contribution in [3.63, 3.8) is 0 Å². The van der Waals surface area contributed by atoms with Gasteiger partial charge in [0.15, 0.2) is 5.72 Å². The number of esters is 2. The maximum absolute atomic E-state index is 13.5. The number of rotatable bonds is 8. The molecule has 0 spiro atoms. The molecule has 0 bridgehead atoms. The SMILES string of the molecule is COC(=O)CCC(=O)OC(C)(C)NC(=O)NC(C(=O)N1CCC(c2ccc(Cl)cc2)C(C)(C)C1)=C(C)C. The average molecular weight is 536 g/mol. The van der Waals surface area contributed by atoms with Gasteiger partial charge in [-0.15, -0.1) is 0 Å². The van der Waals surface area contributed by atoms with Crippen molar-refractivity contribution in [3.05, 3.63) is 46.1 Å². The number of ether oxygens (including phenoxy) is 2. The van der Waals surface area contributed by atoms with Crippen LogP contribution in [0.15, 0.2) is 35.5 Å². The van der Waals surface area contributed by atoms with E-state index in [2.05, 4.69) is 29.2 Å². The van der Waals surface area contributed by atoms with Crippen molar-refractivity contribution in [2.75, 3.05) is 20.2 Å². The lowest BCUT2D eigenvalue weighted by atomic mass is 9.70. The fraction of sp³-hybridized carbons (Fsp3) is 0.556. The first-order chi connectivity index (χ1) is 17.1. The van der Waals surface area contributed by atoms with Gasteiger partial charge in [0, 0.05) is 18.1 Å². The molecular weight excluding hydrogens is 498 g/mol. The van der Waals surface area contributed by atoms with Gasteiger partial charge >= 0.3 is 18.0 Å². The maximum atomic E-state index is 13.5. The number of halogens is 1. The molecule has 37 heavy (non-hydrogen) atoms. The molecule has 10 heteroatoms. The van der Waals surface area contributed by atoms with Gasteiger partial charge < -0.3 is 25.0 Å². The fourth-order valence-electron chi connectivity index (χ4n) is 4.48. The molecule has 1 saturated heterocycles. The van der Waals surface area contributed by atoms with Crippen molar-refractivity contribution >= 4 is 35.5 Å². The zero-order valence-electron chi connectivity index (χ0n) is 22.7. The number of piperidine rings is 1. The number of urea groups is 1. The van der Waals surface area contributed by atoms with E-state index < -0.39 is 23.7 Å². The predicted molar refractivity (Wildman–Crippen MR) is 141 cm³/mol. The van der Waals surface area contributed by atoms with Crippen LogP contribution in [0.1, 0.15) is 72.3 Å². The number of carbonyl (C=O) groups excluding carboxylic acids is 4. The summed E-state index contributed by atoms with van der Waals surface area (Å²) in [5.74, 6) is -1.21. The fourth-order valence-corrected chi connectivity index (χ4v) is 4.61. The molecule has 0 aliphatic carbocycles. The third-order valence-corrected chi connectivity index (χ3v) is 6.54. The molecular formula is C27H38ClN3O6. The quantitative estimate of drug-likeness (QED) is 0.287. The lowest BCUT2D eigenvalue weighted by Crippen LogP contribution is -2.53. The van der Waals surface area contributed by atoms with Crippen LogP contribution in [0.3, 0.4) is 0 Å². The topological polar surface area (TPSA) is 114 Å². The van der Waals surface area contributed by atoms with Gasteiger partial charge in [0.1, 0.15) is 5.70 Å². The first-order valence-corrected chi connectivity index (χ1v) is 12.6. The number of likely N-dealkylation sites (tertiary alicyclic amines) is 1. The standard InChI is InChI=1S/C27H38ClN3O6/c1-17(2)23(29-25(35)30-27(5,6)37-22(33)13-12-21(32)36-7)24(34)31-15-14-20(26(3,4)16-31)18-8-10-19(28)11-9-18/h8-11,20H,12-16H2,1-7H3,(H2,29,30,35). The van der Waals surface area contributed by atoms with E-state index in [-0.39, 0.29) is 35.8 Å². The lowest BCUT2D eigenvalue weighted by molar-refractivity contribution is -0.160. The van der Waals surface area contributed by atoms with Crippen LogP contribution >= 0.6 is 11.6 Å². The van der Waals surface area contributed by atoms with Crippen molar-refractivity contribution < 1.29 is 28.7 Å². The Bertz CT molecular complexity index is 1040. The second-order valence-electron chi connectivity index (χ2n) is 10.6. The van der Waals surface area contributed by atoms with Crippen LogP contribution in [0.2, 0.25) is 5.02 Å². The predicted octanol–water partition coefficient (Wildman–Crippen LogP) is 4.51. The number of carbonyl (C=O) groups is 4. The highest BCUT2D eigenvalue weighted by Gasteiger charge is 2.39. The first-order valence-electron chi connectivity index (χ1n) is 12.2. The molecule has 1 aromatic carbocycles. The Morgan fingerprint density at radius 1 is 1.08 bits per heavy atom. The minimum atomic E-state index is -1.37. The third-order valence-electron chi connectivity index (χ3n) is 6.29. The van der Waals surface area contributed by atoms with Gasteiger partial charge in [-0.2, -0.15) is 0 Å². The molecule has 1 fully saturated rings. The van der Waals surface area contributed by atoms with E-state index in [0.717, 1.165) is 6.42 Å². The van der Waals surface area contributed by atoms with E-state index in [1.165, 1.54) is 26.5 Å². The van der Waals surface area contributed by atoms with Crippen LogP contribution in [0.5, 0.6) is 0 Å². The summed E-state index contributed by atoms with van der Waals surface area (Å²) in [6.45, 7) is 11.8. The molecule has 1 unspecified atom stereocenters. The van der Waals surface area contributed by atoms with E-state index in [4.69, 9.17) is 16.3 Å². The number of nitrogens with one attached hydrogen (secondary N) is 2. The van der Waals surface area contributed by atoms with E-state index >= 15 is 0 Å². The number of hydrogen-bond acceptors (Lipinski definition) is 6. The summed E-state index contributed by atoms with van der Waals surface area (Å²) in [5, 5.41) is 5.88. The van der Waals surface area contributed by atoms with E-state index in [9.17, 15) is 19.2 Å². The summed E-state index contributed by atoms with van der Waals surface area (Å²) < 4.78 is 9.78. The summed E-state index contributed by atoms with van der Waals surface area (Å²) in [6, 6.07) is 7.14. The Morgan fingerprint density at radius 3 is 2.22 bits per heavy atom. The molecule has 9 nitrogen and oxygen atoms in total. The molecule has 0 radical (unpaired) electrons. The van der Waals surface area contributed by atoms with E-state index in [1.807, 2.05) is 24.3 Å². The number of nitrogens with zero attached hydrogens (tertiary/aromatic N) is 1. The van der Waals surface area contributed by atoms with Crippen LogP contribution in [-0.4, -0.2) is 54.7 Å². The molecule has 1 atom stereocenters. The van der Waals surface area contributed by atoms with Gasteiger partial charge in [-0.1, -0.05) is 37.6 Å².